The number of hydrogen-bond acceptors (Lipinski definition) is 1. The zero-order chi connectivity index (χ0) is 25.7. The summed E-state index contributed by atoms with van der Waals surface area (Å²) in [6, 6.07) is 26.8. The summed E-state index contributed by atoms with van der Waals surface area (Å²) in [5, 5.41) is 0. The van der Waals surface area contributed by atoms with Crippen LogP contribution in [0, 0.1) is 11.8 Å². The van der Waals surface area contributed by atoms with E-state index in [0.717, 1.165) is 37.7 Å². The van der Waals surface area contributed by atoms with Gasteiger partial charge in [0.15, 0.2) is 0 Å². The summed E-state index contributed by atoms with van der Waals surface area (Å²) in [6.07, 6.45) is 18.1. The predicted molar refractivity (Wildman–Crippen MR) is 160 cm³/mol. The molecule has 1 saturated carbocycles. The molecule has 0 radical (unpaired) electrons. The maximum atomic E-state index is 5.79. The van der Waals surface area contributed by atoms with Crippen molar-refractivity contribution in [2.75, 3.05) is 6.61 Å². The first kappa shape index (κ1) is 27.1. The van der Waals surface area contributed by atoms with Gasteiger partial charge in [0.2, 0.25) is 0 Å². The van der Waals surface area contributed by atoms with Gasteiger partial charge in [-0.05, 0) is 90.2 Å². The summed E-state index contributed by atoms with van der Waals surface area (Å²) in [7, 11) is 0. The molecule has 1 heteroatoms. The molecule has 3 aromatic carbocycles. The van der Waals surface area contributed by atoms with Crippen LogP contribution < -0.4 is 0 Å². The lowest BCUT2D eigenvalue weighted by molar-refractivity contribution is 0.117. The van der Waals surface area contributed by atoms with Crippen molar-refractivity contribution in [3.05, 3.63) is 109 Å². The van der Waals surface area contributed by atoms with Crippen LogP contribution in [0.3, 0.4) is 0 Å². The molecular weight excluding hydrogens is 448 g/mol. The van der Waals surface area contributed by atoms with Gasteiger partial charge in [0.1, 0.15) is 0 Å². The summed E-state index contributed by atoms with van der Waals surface area (Å²) in [4.78, 5) is 0. The van der Waals surface area contributed by atoms with Crippen LogP contribution in [0.4, 0.5) is 0 Å². The molecule has 0 aliphatic heterocycles. The first-order valence-corrected chi connectivity index (χ1v) is 14.4. The number of benzene rings is 3. The Labute approximate surface area is 225 Å². The topological polar surface area (TPSA) is 9.23 Å². The Balaban J connectivity index is 1.24. The Hall–Kier alpha value is -2.90. The van der Waals surface area contributed by atoms with Crippen molar-refractivity contribution in [1.29, 1.82) is 0 Å². The van der Waals surface area contributed by atoms with E-state index in [1.807, 2.05) is 0 Å². The van der Waals surface area contributed by atoms with E-state index in [2.05, 4.69) is 105 Å². The highest BCUT2D eigenvalue weighted by Crippen LogP contribution is 2.30. The minimum absolute atomic E-state index is 0.701. The van der Waals surface area contributed by atoms with Crippen molar-refractivity contribution in [3.8, 4) is 22.3 Å². The van der Waals surface area contributed by atoms with Crippen molar-refractivity contribution in [1.82, 2.24) is 0 Å². The fraction of sp³-hybridized carbons (Fsp3) is 0.389. The van der Waals surface area contributed by atoms with Crippen LogP contribution in [0.15, 0.2) is 97.6 Å². The van der Waals surface area contributed by atoms with E-state index < -0.39 is 0 Å². The molecule has 1 aliphatic carbocycles. The first-order valence-electron chi connectivity index (χ1n) is 14.4. The molecule has 0 unspecified atom stereocenters. The average Bonchev–Trinajstić information content (AvgIpc) is 2.96. The highest BCUT2D eigenvalue weighted by atomic mass is 16.5. The molecule has 0 amide bonds. The molecule has 37 heavy (non-hydrogen) atoms. The van der Waals surface area contributed by atoms with Crippen LogP contribution in [0.25, 0.3) is 22.3 Å². The minimum Gasteiger partial charge on any atom is -0.377 e. The molecule has 194 valence electrons. The zero-order valence-electron chi connectivity index (χ0n) is 22.7. The van der Waals surface area contributed by atoms with Gasteiger partial charge in [0.25, 0.3) is 0 Å². The molecule has 1 fully saturated rings. The average molecular weight is 493 g/mol. The van der Waals surface area contributed by atoms with Gasteiger partial charge < -0.3 is 4.74 Å². The largest absolute Gasteiger partial charge is 0.377 e. The van der Waals surface area contributed by atoms with Gasteiger partial charge in [0, 0.05) is 6.61 Å². The molecule has 0 aromatic heterocycles. The van der Waals surface area contributed by atoms with Gasteiger partial charge in [0.05, 0.1) is 6.61 Å². The molecule has 0 saturated heterocycles. The molecule has 4 rings (SSSR count). The number of hydrogen-bond donors (Lipinski definition) is 0. The fourth-order valence-corrected chi connectivity index (χ4v) is 5.27. The molecule has 1 nitrogen and oxygen atoms in total. The Bertz CT molecular complexity index is 1080. The highest BCUT2D eigenvalue weighted by Gasteiger charge is 2.16. The van der Waals surface area contributed by atoms with E-state index in [1.165, 1.54) is 71.9 Å². The third-order valence-electron chi connectivity index (χ3n) is 7.78. The van der Waals surface area contributed by atoms with Gasteiger partial charge in [-0.2, -0.15) is 0 Å². The van der Waals surface area contributed by atoms with Gasteiger partial charge in [-0.1, -0.05) is 111 Å². The van der Waals surface area contributed by atoms with Crippen LogP contribution in [-0.2, 0) is 17.8 Å². The number of allylic oxidation sites excluding steroid dienone is 3. The second-order valence-corrected chi connectivity index (χ2v) is 10.6. The normalized spacial score (nSPS) is 17.8. The maximum absolute atomic E-state index is 5.79. The van der Waals surface area contributed by atoms with E-state index in [-0.39, 0.29) is 0 Å². The molecule has 0 N–H and O–H groups in total. The predicted octanol–water partition coefficient (Wildman–Crippen LogP) is 10.2. The molecular formula is C36H44O. The summed E-state index contributed by atoms with van der Waals surface area (Å²) in [6.45, 7) is 7.73. The number of aryl methyl sites for hydroxylation is 1. The Morgan fingerprint density at radius 2 is 1.22 bits per heavy atom. The van der Waals surface area contributed by atoms with Crippen molar-refractivity contribution in [3.63, 3.8) is 0 Å². The first-order chi connectivity index (χ1) is 18.2. The van der Waals surface area contributed by atoms with Gasteiger partial charge in [-0.25, -0.2) is 0 Å². The van der Waals surface area contributed by atoms with E-state index in [4.69, 9.17) is 4.74 Å². The molecule has 0 atom stereocenters. The van der Waals surface area contributed by atoms with Crippen LogP contribution in [0.1, 0.15) is 69.4 Å². The third kappa shape index (κ3) is 8.58. The summed E-state index contributed by atoms with van der Waals surface area (Å²) >= 11 is 0. The third-order valence-corrected chi connectivity index (χ3v) is 7.78. The van der Waals surface area contributed by atoms with Crippen LogP contribution in [0.5, 0.6) is 0 Å². The SMILES string of the molecule is C=CC1CCC(/C=C/CCc2ccc(-c3ccc(-c4ccc(COCCCCC)cc4)cc3)cc2)CC1. The second-order valence-electron chi connectivity index (χ2n) is 10.6. The van der Waals surface area contributed by atoms with E-state index in [9.17, 15) is 0 Å². The molecule has 1 aliphatic rings. The van der Waals surface area contributed by atoms with Gasteiger partial charge in [-0.3, -0.25) is 0 Å². The van der Waals surface area contributed by atoms with Crippen molar-refractivity contribution in [2.45, 2.75) is 71.3 Å². The monoisotopic (exact) mass is 492 g/mol. The van der Waals surface area contributed by atoms with Gasteiger partial charge in [-0.15, -0.1) is 6.58 Å². The van der Waals surface area contributed by atoms with Gasteiger partial charge >= 0.3 is 0 Å². The van der Waals surface area contributed by atoms with E-state index in [0.29, 0.717) is 6.61 Å². The fourth-order valence-electron chi connectivity index (χ4n) is 5.27. The molecule has 0 bridgehead atoms. The lowest BCUT2D eigenvalue weighted by atomic mass is 9.82. The van der Waals surface area contributed by atoms with Crippen molar-refractivity contribution in [2.24, 2.45) is 11.8 Å². The van der Waals surface area contributed by atoms with E-state index >= 15 is 0 Å². The minimum atomic E-state index is 0.701. The lowest BCUT2D eigenvalue weighted by Crippen LogP contribution is -2.10. The number of rotatable bonds is 13. The summed E-state index contributed by atoms with van der Waals surface area (Å²) in [5.41, 5.74) is 7.69. The second kappa shape index (κ2) is 14.7. The standard InChI is InChI=1S/C36H44O/c1-3-5-8-27-37-28-32-17-21-34(22-18-32)36-25-23-35(24-26-36)33-19-15-31(16-20-33)10-7-6-9-30-13-11-29(4-2)12-14-30/h4,6,9,15-26,29-30H,2-3,5,7-8,10-14,27-28H2,1H3/b9-6+. The molecule has 0 heterocycles. The Morgan fingerprint density at radius 3 is 1.76 bits per heavy atom. The molecule has 0 spiro atoms. The zero-order valence-corrected chi connectivity index (χ0v) is 22.7. The van der Waals surface area contributed by atoms with Crippen LogP contribution in [-0.4, -0.2) is 6.61 Å². The highest BCUT2D eigenvalue weighted by molar-refractivity contribution is 5.70. The molecule has 3 aromatic rings. The van der Waals surface area contributed by atoms with Crippen molar-refractivity contribution < 1.29 is 4.74 Å². The van der Waals surface area contributed by atoms with Crippen LogP contribution >= 0.6 is 0 Å². The van der Waals surface area contributed by atoms with E-state index in [1.54, 1.807) is 0 Å². The summed E-state index contributed by atoms with van der Waals surface area (Å²) < 4.78 is 5.79. The Morgan fingerprint density at radius 1 is 0.703 bits per heavy atom. The smallest absolute Gasteiger partial charge is 0.0716 e. The number of ether oxygens (including phenoxy) is 1. The Kier molecular flexibility index (Phi) is 10.8. The number of unbranched alkanes of at least 4 members (excludes halogenated alkanes) is 2. The maximum Gasteiger partial charge on any atom is 0.0716 e. The van der Waals surface area contributed by atoms with Crippen LogP contribution in [0.2, 0.25) is 0 Å². The summed E-state index contributed by atoms with van der Waals surface area (Å²) in [5.74, 6) is 1.52. The lowest BCUT2D eigenvalue weighted by Gasteiger charge is -2.24. The van der Waals surface area contributed by atoms with Crippen molar-refractivity contribution >= 4 is 0 Å². The quantitative estimate of drug-likeness (QED) is 0.170.